The van der Waals surface area contributed by atoms with Crippen LogP contribution >= 0.6 is 12.2 Å². The minimum Gasteiger partial charge on any atom is -0.497 e. The summed E-state index contributed by atoms with van der Waals surface area (Å²) in [6.07, 6.45) is 0. The lowest BCUT2D eigenvalue weighted by Crippen LogP contribution is -2.19. The van der Waals surface area contributed by atoms with Crippen molar-refractivity contribution in [2.24, 2.45) is 0 Å². The molecular weight excluding hydrogens is 434 g/mol. The Hall–Kier alpha value is -3.91. The largest absolute Gasteiger partial charge is 0.497 e. The minimum absolute atomic E-state index is 0.0471. The summed E-state index contributed by atoms with van der Waals surface area (Å²) in [4.78, 5) is 12.9. The zero-order valence-corrected chi connectivity index (χ0v) is 19.1. The van der Waals surface area contributed by atoms with Gasteiger partial charge in [-0.2, -0.15) is 5.10 Å². The summed E-state index contributed by atoms with van der Waals surface area (Å²) in [5.41, 5.74) is 3.92. The van der Waals surface area contributed by atoms with Crippen molar-refractivity contribution in [1.82, 2.24) is 19.3 Å². The van der Waals surface area contributed by atoms with Crippen LogP contribution in [0.5, 0.6) is 5.75 Å². The fourth-order valence-electron chi connectivity index (χ4n) is 4.24. The van der Waals surface area contributed by atoms with Crippen LogP contribution in [-0.4, -0.2) is 32.3 Å². The summed E-state index contributed by atoms with van der Waals surface area (Å²) in [5, 5.41) is 12.4. The summed E-state index contributed by atoms with van der Waals surface area (Å²) in [5.74, 6) is 1.16. The number of hydrogen-bond donors (Lipinski definition) is 2. The van der Waals surface area contributed by atoms with E-state index in [4.69, 9.17) is 17.0 Å². The fourth-order valence-corrected chi connectivity index (χ4v) is 4.44. The van der Waals surface area contributed by atoms with Gasteiger partial charge in [-0.05, 0) is 67.7 Å². The summed E-state index contributed by atoms with van der Waals surface area (Å²) >= 11 is 5.37. The Kier molecular flexibility index (Phi) is 5.43. The van der Waals surface area contributed by atoms with Gasteiger partial charge in [-0.15, -0.1) is 0 Å². The molecule has 0 fully saturated rings. The number of rotatable bonds is 6. The van der Waals surface area contributed by atoms with E-state index < -0.39 is 0 Å². The summed E-state index contributed by atoms with van der Waals surface area (Å²) in [7, 11) is 1.62. The van der Waals surface area contributed by atoms with Crippen LogP contribution in [0.2, 0.25) is 0 Å². The molecule has 0 saturated carbocycles. The monoisotopic (exact) mass is 457 g/mol. The number of nitrogens with one attached hydrogen (secondary N) is 2. The molecule has 0 radical (unpaired) electrons. The highest BCUT2D eigenvalue weighted by Gasteiger charge is 2.14. The number of aromatic amines is 1. The van der Waals surface area contributed by atoms with Gasteiger partial charge in [-0.3, -0.25) is 14.5 Å². The first-order valence-electron chi connectivity index (χ1n) is 10.7. The number of fused-ring (bicyclic) bond motifs is 3. The van der Waals surface area contributed by atoms with E-state index >= 15 is 0 Å². The van der Waals surface area contributed by atoms with Crippen molar-refractivity contribution in [3.05, 3.63) is 71.5 Å². The molecule has 0 saturated heterocycles. The van der Waals surface area contributed by atoms with Crippen LogP contribution < -0.4 is 10.1 Å². The van der Waals surface area contributed by atoms with Crippen molar-refractivity contribution in [2.45, 2.75) is 20.0 Å². The van der Waals surface area contributed by atoms with E-state index in [0.717, 1.165) is 34.4 Å². The van der Waals surface area contributed by atoms with Gasteiger partial charge in [0, 0.05) is 39.6 Å². The number of carbonyl (C=O) groups excluding carboxylic acids is 1. The first kappa shape index (κ1) is 21.0. The summed E-state index contributed by atoms with van der Waals surface area (Å²) < 4.78 is 9.57. The third-order valence-electron chi connectivity index (χ3n) is 5.78. The highest BCUT2D eigenvalue weighted by Crippen LogP contribution is 2.31. The number of methoxy groups -OCH3 is 1. The van der Waals surface area contributed by atoms with Crippen LogP contribution in [0.15, 0.2) is 66.7 Å². The molecule has 2 heterocycles. The predicted octanol–water partition coefficient (Wildman–Crippen LogP) is 5.38. The molecule has 0 aliphatic carbocycles. The van der Waals surface area contributed by atoms with E-state index in [-0.39, 0.29) is 12.5 Å². The molecule has 0 aliphatic heterocycles. The molecule has 3 aromatic carbocycles. The molecule has 8 heteroatoms. The van der Waals surface area contributed by atoms with Crippen LogP contribution in [0.25, 0.3) is 33.2 Å². The predicted molar refractivity (Wildman–Crippen MR) is 133 cm³/mol. The number of benzene rings is 3. The second-order valence-electron chi connectivity index (χ2n) is 7.71. The quantitative estimate of drug-likeness (QED) is 0.336. The first-order valence-corrected chi connectivity index (χ1v) is 11.1. The third kappa shape index (κ3) is 3.78. The Balaban J connectivity index is 1.42. The van der Waals surface area contributed by atoms with Crippen molar-refractivity contribution in [3.63, 3.8) is 0 Å². The van der Waals surface area contributed by atoms with E-state index in [1.807, 2.05) is 48.5 Å². The molecular formula is C25H23N5O2S. The van der Waals surface area contributed by atoms with Gasteiger partial charge in [-0.1, -0.05) is 18.2 Å². The molecule has 1 amide bonds. The van der Waals surface area contributed by atoms with Gasteiger partial charge in [0.15, 0.2) is 10.6 Å². The maximum atomic E-state index is 12.9. The maximum Gasteiger partial charge on any atom is 0.244 e. The van der Waals surface area contributed by atoms with Crippen LogP contribution in [0.3, 0.4) is 0 Å². The van der Waals surface area contributed by atoms with E-state index in [0.29, 0.717) is 10.6 Å². The molecule has 2 N–H and O–H groups in total. The van der Waals surface area contributed by atoms with Gasteiger partial charge in [0.05, 0.1) is 7.11 Å². The Morgan fingerprint density at radius 3 is 2.55 bits per heavy atom. The Morgan fingerprint density at radius 2 is 1.79 bits per heavy atom. The van der Waals surface area contributed by atoms with Gasteiger partial charge < -0.3 is 14.6 Å². The molecule has 0 spiro atoms. The second kappa shape index (κ2) is 8.55. The van der Waals surface area contributed by atoms with E-state index in [2.05, 4.69) is 45.2 Å². The molecule has 166 valence electrons. The minimum atomic E-state index is -0.180. The van der Waals surface area contributed by atoms with Gasteiger partial charge in [-0.25, -0.2) is 0 Å². The van der Waals surface area contributed by atoms with Crippen molar-refractivity contribution in [2.75, 3.05) is 12.4 Å². The van der Waals surface area contributed by atoms with Gasteiger partial charge in [0.25, 0.3) is 0 Å². The Morgan fingerprint density at radius 1 is 1.03 bits per heavy atom. The number of amides is 1. The van der Waals surface area contributed by atoms with E-state index in [1.165, 1.54) is 10.9 Å². The fraction of sp³-hybridized carbons (Fsp3) is 0.160. The maximum absolute atomic E-state index is 12.9. The third-order valence-corrected chi connectivity index (χ3v) is 6.09. The van der Waals surface area contributed by atoms with Crippen LogP contribution in [0, 0.1) is 4.77 Å². The zero-order valence-electron chi connectivity index (χ0n) is 18.3. The number of carbonyl (C=O) groups is 1. The van der Waals surface area contributed by atoms with Gasteiger partial charge in [0.1, 0.15) is 12.3 Å². The van der Waals surface area contributed by atoms with E-state index in [9.17, 15) is 4.79 Å². The Bertz CT molecular complexity index is 1530. The van der Waals surface area contributed by atoms with E-state index in [1.54, 1.807) is 11.7 Å². The SMILES string of the molecule is CCn1c2ccccc2c2cc(NC(=O)Cn3c(-c4ccc(OC)cc4)n[nH]c3=S)ccc21. The molecule has 33 heavy (non-hydrogen) atoms. The topological polar surface area (TPSA) is 76.9 Å². The van der Waals surface area contributed by atoms with Gasteiger partial charge in [0.2, 0.25) is 5.91 Å². The molecule has 0 unspecified atom stereocenters. The molecule has 0 bridgehead atoms. The normalized spacial score (nSPS) is 11.2. The van der Waals surface area contributed by atoms with Crippen LogP contribution in [0.1, 0.15) is 6.92 Å². The molecule has 5 aromatic rings. The Labute approximate surface area is 195 Å². The van der Waals surface area contributed by atoms with Crippen molar-refractivity contribution < 1.29 is 9.53 Å². The second-order valence-corrected chi connectivity index (χ2v) is 8.10. The number of nitrogens with zero attached hydrogens (tertiary/aromatic N) is 3. The summed E-state index contributed by atoms with van der Waals surface area (Å²) in [6.45, 7) is 3.06. The number of ether oxygens (including phenoxy) is 1. The lowest BCUT2D eigenvalue weighted by atomic mass is 10.1. The highest BCUT2D eigenvalue weighted by molar-refractivity contribution is 7.71. The summed E-state index contributed by atoms with van der Waals surface area (Å²) in [6, 6.07) is 21.8. The zero-order chi connectivity index (χ0) is 22.9. The number of H-pyrrole nitrogens is 1. The van der Waals surface area contributed by atoms with Crippen LogP contribution in [-0.2, 0) is 17.9 Å². The van der Waals surface area contributed by atoms with Crippen LogP contribution in [0.4, 0.5) is 5.69 Å². The number of aryl methyl sites for hydroxylation is 1. The lowest BCUT2D eigenvalue weighted by Gasteiger charge is -2.09. The van der Waals surface area contributed by atoms with Gasteiger partial charge >= 0.3 is 0 Å². The first-order chi connectivity index (χ1) is 16.1. The van der Waals surface area contributed by atoms with Crippen molar-refractivity contribution >= 4 is 45.6 Å². The average Bonchev–Trinajstić information content (AvgIpc) is 3.36. The number of anilines is 1. The molecule has 7 nitrogen and oxygen atoms in total. The number of aromatic nitrogens is 4. The molecule has 5 rings (SSSR count). The van der Waals surface area contributed by atoms with Crippen molar-refractivity contribution in [3.8, 4) is 17.1 Å². The molecule has 0 aliphatic rings. The van der Waals surface area contributed by atoms with Crippen molar-refractivity contribution in [1.29, 1.82) is 0 Å². The number of hydrogen-bond acceptors (Lipinski definition) is 4. The highest BCUT2D eigenvalue weighted by atomic mass is 32.1. The average molecular weight is 458 g/mol. The molecule has 2 aromatic heterocycles. The standard InChI is InChI=1S/C25H23N5O2S/c1-3-29-21-7-5-4-6-19(21)20-14-17(10-13-22(20)29)26-23(31)15-30-24(27-28-25(30)33)16-8-11-18(32-2)12-9-16/h4-14H,3,15H2,1-2H3,(H,26,31)(H,28,33). The molecule has 0 atom stereocenters. The lowest BCUT2D eigenvalue weighted by molar-refractivity contribution is -0.116. The smallest absolute Gasteiger partial charge is 0.244 e. The number of para-hydroxylation sites is 1.